The Balaban J connectivity index is 1.97. The number of aryl methyl sites for hydroxylation is 1. The maximum absolute atomic E-state index is 12.8. The van der Waals surface area contributed by atoms with Crippen molar-refractivity contribution in [1.29, 1.82) is 0 Å². The molecule has 0 spiro atoms. The van der Waals surface area contributed by atoms with Crippen LogP contribution in [0.25, 0.3) is 0 Å². The van der Waals surface area contributed by atoms with E-state index in [-0.39, 0.29) is 22.8 Å². The predicted octanol–water partition coefficient (Wildman–Crippen LogP) is 3.00. The SMILES string of the molecule is CCOC(=O)CC1(O)CCCc2cc(S(=O)(=O)c3ccccc3)ccc21. The van der Waals surface area contributed by atoms with Crippen molar-refractivity contribution < 1.29 is 23.1 Å². The van der Waals surface area contributed by atoms with Crippen LogP contribution in [0.1, 0.15) is 37.3 Å². The minimum absolute atomic E-state index is 0.126. The number of rotatable bonds is 5. The summed E-state index contributed by atoms with van der Waals surface area (Å²) >= 11 is 0. The summed E-state index contributed by atoms with van der Waals surface area (Å²) in [5, 5.41) is 11.0. The van der Waals surface area contributed by atoms with Crippen molar-refractivity contribution in [3.05, 3.63) is 59.7 Å². The van der Waals surface area contributed by atoms with Crippen molar-refractivity contribution in [3.8, 4) is 0 Å². The number of ether oxygens (including phenoxy) is 1. The van der Waals surface area contributed by atoms with Crippen LogP contribution in [-0.4, -0.2) is 26.1 Å². The monoisotopic (exact) mass is 374 g/mol. The molecular formula is C20H22O5S. The second-order valence-corrected chi connectivity index (χ2v) is 8.45. The van der Waals surface area contributed by atoms with Crippen LogP contribution >= 0.6 is 0 Å². The first kappa shape index (κ1) is 18.6. The summed E-state index contributed by atoms with van der Waals surface area (Å²) in [7, 11) is -3.61. The number of sulfone groups is 1. The van der Waals surface area contributed by atoms with Crippen LogP contribution in [0.2, 0.25) is 0 Å². The van der Waals surface area contributed by atoms with Crippen LogP contribution in [0.4, 0.5) is 0 Å². The molecule has 0 saturated carbocycles. The Morgan fingerprint density at radius 1 is 1.15 bits per heavy atom. The van der Waals surface area contributed by atoms with Crippen molar-refractivity contribution in [3.63, 3.8) is 0 Å². The Hall–Kier alpha value is -2.18. The molecule has 0 saturated heterocycles. The van der Waals surface area contributed by atoms with E-state index < -0.39 is 21.4 Å². The number of hydrogen-bond donors (Lipinski definition) is 1. The van der Waals surface area contributed by atoms with E-state index in [1.165, 1.54) is 6.07 Å². The number of fused-ring (bicyclic) bond motifs is 1. The van der Waals surface area contributed by atoms with Gasteiger partial charge in [0, 0.05) is 0 Å². The fourth-order valence-electron chi connectivity index (χ4n) is 3.47. The van der Waals surface area contributed by atoms with Gasteiger partial charge in [0.25, 0.3) is 0 Å². The largest absolute Gasteiger partial charge is 0.466 e. The lowest BCUT2D eigenvalue weighted by Gasteiger charge is -2.34. The molecule has 0 amide bonds. The molecule has 1 aliphatic rings. The lowest BCUT2D eigenvalue weighted by atomic mass is 9.77. The van der Waals surface area contributed by atoms with Crippen LogP contribution in [0.3, 0.4) is 0 Å². The minimum Gasteiger partial charge on any atom is -0.466 e. The van der Waals surface area contributed by atoms with Crippen LogP contribution in [0.15, 0.2) is 58.3 Å². The van der Waals surface area contributed by atoms with E-state index in [9.17, 15) is 18.3 Å². The average molecular weight is 374 g/mol. The third-order valence-electron chi connectivity index (χ3n) is 4.72. The summed E-state index contributed by atoms with van der Waals surface area (Å²) in [6.07, 6.45) is 1.67. The normalized spacial score (nSPS) is 19.6. The number of aliphatic hydroxyl groups is 1. The van der Waals surface area contributed by atoms with Crippen molar-refractivity contribution in [2.24, 2.45) is 0 Å². The first-order valence-corrected chi connectivity index (χ1v) is 10.2. The van der Waals surface area contributed by atoms with Gasteiger partial charge in [0.1, 0.15) is 5.60 Å². The van der Waals surface area contributed by atoms with Gasteiger partial charge in [0.15, 0.2) is 0 Å². The molecule has 1 unspecified atom stereocenters. The Morgan fingerprint density at radius 3 is 2.58 bits per heavy atom. The van der Waals surface area contributed by atoms with Crippen LogP contribution in [-0.2, 0) is 31.4 Å². The second-order valence-electron chi connectivity index (χ2n) is 6.50. The van der Waals surface area contributed by atoms with Crippen molar-refractivity contribution in [1.82, 2.24) is 0 Å². The summed E-state index contributed by atoms with van der Waals surface area (Å²) in [5.74, 6) is -0.455. The minimum atomic E-state index is -3.61. The van der Waals surface area contributed by atoms with E-state index in [0.717, 1.165) is 5.56 Å². The van der Waals surface area contributed by atoms with Gasteiger partial charge >= 0.3 is 5.97 Å². The number of benzene rings is 2. The smallest absolute Gasteiger partial charge is 0.309 e. The van der Waals surface area contributed by atoms with Crippen LogP contribution < -0.4 is 0 Å². The van der Waals surface area contributed by atoms with E-state index in [4.69, 9.17) is 4.74 Å². The number of carbonyl (C=O) groups excluding carboxylic acids is 1. The van der Waals surface area contributed by atoms with E-state index in [1.54, 1.807) is 49.4 Å². The standard InChI is InChI=1S/C20H22O5S/c1-2-25-19(21)14-20(22)12-6-7-15-13-17(10-11-18(15)20)26(23,24)16-8-4-3-5-9-16/h3-5,8-11,13,22H,2,6-7,12,14H2,1H3. The van der Waals surface area contributed by atoms with E-state index >= 15 is 0 Å². The number of esters is 1. The molecule has 0 radical (unpaired) electrons. The van der Waals surface area contributed by atoms with Gasteiger partial charge in [-0.3, -0.25) is 4.79 Å². The molecule has 1 aliphatic carbocycles. The van der Waals surface area contributed by atoms with Crippen molar-refractivity contribution in [2.45, 2.75) is 48.0 Å². The Bertz CT molecular complexity index is 905. The van der Waals surface area contributed by atoms with Gasteiger partial charge in [-0.25, -0.2) is 8.42 Å². The molecule has 1 atom stereocenters. The maximum Gasteiger partial charge on any atom is 0.309 e. The van der Waals surface area contributed by atoms with E-state index in [2.05, 4.69) is 0 Å². The van der Waals surface area contributed by atoms with Gasteiger partial charge in [-0.15, -0.1) is 0 Å². The quantitative estimate of drug-likeness (QED) is 0.814. The summed E-state index contributed by atoms with van der Waals surface area (Å²) in [6, 6.07) is 13.0. The van der Waals surface area contributed by atoms with Crippen LogP contribution in [0, 0.1) is 0 Å². The van der Waals surface area contributed by atoms with E-state index in [0.29, 0.717) is 24.8 Å². The van der Waals surface area contributed by atoms with Gasteiger partial charge in [0.05, 0.1) is 22.8 Å². The average Bonchev–Trinajstić information content (AvgIpc) is 2.62. The molecule has 1 N–H and O–H groups in total. The lowest BCUT2D eigenvalue weighted by molar-refractivity contribution is -0.149. The van der Waals surface area contributed by atoms with Gasteiger partial charge < -0.3 is 9.84 Å². The van der Waals surface area contributed by atoms with Gasteiger partial charge in [-0.05, 0) is 61.6 Å². The van der Waals surface area contributed by atoms with Crippen molar-refractivity contribution >= 4 is 15.8 Å². The van der Waals surface area contributed by atoms with Gasteiger partial charge in [-0.2, -0.15) is 0 Å². The zero-order valence-electron chi connectivity index (χ0n) is 14.6. The fourth-order valence-corrected chi connectivity index (χ4v) is 4.81. The molecule has 2 aromatic carbocycles. The molecule has 0 heterocycles. The van der Waals surface area contributed by atoms with Gasteiger partial charge in [-0.1, -0.05) is 24.3 Å². The summed E-state index contributed by atoms with van der Waals surface area (Å²) in [5.41, 5.74) is 0.0679. The summed E-state index contributed by atoms with van der Waals surface area (Å²) in [6.45, 7) is 1.98. The third kappa shape index (κ3) is 3.52. The van der Waals surface area contributed by atoms with Crippen LogP contribution in [0.5, 0.6) is 0 Å². The molecule has 0 bridgehead atoms. The molecular weight excluding hydrogens is 352 g/mol. The Kier molecular flexibility index (Phi) is 5.16. The molecule has 0 fully saturated rings. The first-order valence-electron chi connectivity index (χ1n) is 8.68. The molecule has 138 valence electrons. The third-order valence-corrected chi connectivity index (χ3v) is 6.49. The summed E-state index contributed by atoms with van der Waals surface area (Å²) in [4.78, 5) is 12.3. The van der Waals surface area contributed by atoms with Gasteiger partial charge in [0.2, 0.25) is 9.84 Å². The molecule has 26 heavy (non-hydrogen) atoms. The number of hydrogen-bond acceptors (Lipinski definition) is 5. The Morgan fingerprint density at radius 2 is 1.88 bits per heavy atom. The fraction of sp³-hybridized carbons (Fsp3) is 0.350. The highest BCUT2D eigenvalue weighted by Gasteiger charge is 2.37. The van der Waals surface area contributed by atoms with E-state index in [1.807, 2.05) is 0 Å². The number of carbonyl (C=O) groups is 1. The molecule has 5 nitrogen and oxygen atoms in total. The Labute approximate surface area is 153 Å². The molecule has 2 aromatic rings. The highest BCUT2D eigenvalue weighted by atomic mass is 32.2. The molecule has 6 heteroatoms. The molecule has 0 aliphatic heterocycles. The summed E-state index contributed by atoms with van der Waals surface area (Å²) < 4.78 is 30.6. The zero-order chi connectivity index (χ0) is 18.8. The predicted molar refractivity (Wildman–Crippen MR) is 96.4 cm³/mol. The zero-order valence-corrected chi connectivity index (χ0v) is 15.5. The molecule has 3 rings (SSSR count). The topological polar surface area (TPSA) is 80.7 Å². The maximum atomic E-state index is 12.8. The lowest BCUT2D eigenvalue weighted by Crippen LogP contribution is -2.34. The highest BCUT2D eigenvalue weighted by Crippen LogP contribution is 2.39. The second kappa shape index (κ2) is 7.21. The van der Waals surface area contributed by atoms with Crippen molar-refractivity contribution in [2.75, 3.05) is 6.61 Å². The first-order chi connectivity index (χ1) is 12.4. The molecule has 0 aromatic heterocycles. The highest BCUT2D eigenvalue weighted by molar-refractivity contribution is 7.91.